The first-order valence-corrected chi connectivity index (χ1v) is 6.44. The predicted molar refractivity (Wildman–Crippen MR) is 65.4 cm³/mol. The maximum absolute atomic E-state index is 11.0. The molecule has 0 saturated heterocycles. The van der Waals surface area contributed by atoms with Gasteiger partial charge in [0, 0.05) is 17.8 Å². The lowest BCUT2D eigenvalue weighted by Crippen LogP contribution is -2.03. The molecule has 0 aliphatic carbocycles. The van der Waals surface area contributed by atoms with Gasteiger partial charge in [0.15, 0.2) is 0 Å². The maximum atomic E-state index is 11.0. The number of carbonyl (C=O) groups is 1. The largest absolute Gasteiger partial charge is 0.466 e. The SMILES string of the molecule is CCOC(=O)CCCCCCCCC[N+](=O)[O-]. The van der Waals surface area contributed by atoms with E-state index in [4.69, 9.17) is 4.74 Å². The first kappa shape index (κ1) is 15.9. The smallest absolute Gasteiger partial charge is 0.305 e. The number of hydrogen-bond acceptors (Lipinski definition) is 4. The van der Waals surface area contributed by atoms with E-state index in [9.17, 15) is 14.9 Å². The van der Waals surface area contributed by atoms with Gasteiger partial charge < -0.3 is 4.74 Å². The second-order valence-electron chi connectivity index (χ2n) is 4.09. The van der Waals surface area contributed by atoms with Crippen molar-refractivity contribution in [1.82, 2.24) is 0 Å². The van der Waals surface area contributed by atoms with E-state index >= 15 is 0 Å². The lowest BCUT2D eigenvalue weighted by Gasteiger charge is -2.02. The number of nitrogens with zero attached hydrogens (tertiary/aromatic N) is 1. The van der Waals surface area contributed by atoms with Gasteiger partial charge in [0.2, 0.25) is 6.54 Å². The zero-order valence-electron chi connectivity index (χ0n) is 10.7. The zero-order valence-corrected chi connectivity index (χ0v) is 10.7. The van der Waals surface area contributed by atoms with E-state index in [1.54, 1.807) is 0 Å². The van der Waals surface area contributed by atoms with Crippen LogP contribution in [0.15, 0.2) is 0 Å². The van der Waals surface area contributed by atoms with Crippen LogP contribution in [0.4, 0.5) is 0 Å². The van der Waals surface area contributed by atoms with E-state index in [1.807, 2.05) is 6.92 Å². The van der Waals surface area contributed by atoms with E-state index in [1.165, 1.54) is 0 Å². The van der Waals surface area contributed by atoms with Crippen molar-refractivity contribution >= 4 is 5.97 Å². The third-order valence-corrected chi connectivity index (χ3v) is 2.53. The number of esters is 1. The number of hydrogen-bond donors (Lipinski definition) is 0. The van der Waals surface area contributed by atoms with E-state index in [2.05, 4.69) is 0 Å². The quantitative estimate of drug-likeness (QED) is 0.243. The first-order chi connectivity index (χ1) is 8.16. The van der Waals surface area contributed by atoms with Gasteiger partial charge in [-0.1, -0.05) is 25.7 Å². The molecule has 0 spiro atoms. The predicted octanol–water partition coefficient (Wildman–Crippen LogP) is 2.95. The van der Waals surface area contributed by atoms with Crippen LogP contribution >= 0.6 is 0 Å². The fourth-order valence-corrected chi connectivity index (χ4v) is 1.63. The van der Waals surface area contributed by atoms with E-state index in [0.717, 1.165) is 38.5 Å². The van der Waals surface area contributed by atoms with Crippen LogP contribution in [-0.2, 0) is 9.53 Å². The highest BCUT2D eigenvalue weighted by Crippen LogP contribution is 2.09. The normalized spacial score (nSPS) is 10.2. The first-order valence-electron chi connectivity index (χ1n) is 6.44. The molecular weight excluding hydrogens is 222 g/mol. The summed E-state index contributed by atoms with van der Waals surface area (Å²) in [6.45, 7) is 2.35. The Morgan fingerprint density at radius 1 is 1.06 bits per heavy atom. The van der Waals surface area contributed by atoms with Gasteiger partial charge in [-0.15, -0.1) is 0 Å². The van der Waals surface area contributed by atoms with Crippen molar-refractivity contribution in [3.05, 3.63) is 10.1 Å². The summed E-state index contributed by atoms with van der Waals surface area (Å²) in [5, 5.41) is 10.1. The molecule has 0 rings (SSSR count). The third kappa shape index (κ3) is 12.8. The van der Waals surface area contributed by atoms with Crippen molar-refractivity contribution in [2.24, 2.45) is 0 Å². The van der Waals surface area contributed by atoms with Gasteiger partial charge in [0.05, 0.1) is 6.61 Å². The van der Waals surface area contributed by atoms with E-state index in [0.29, 0.717) is 19.4 Å². The van der Waals surface area contributed by atoms with Crippen molar-refractivity contribution in [2.45, 2.75) is 58.3 Å². The molecular formula is C12H23NO4. The Kier molecular flexibility index (Phi) is 10.6. The maximum Gasteiger partial charge on any atom is 0.305 e. The van der Waals surface area contributed by atoms with Crippen LogP contribution in [0.25, 0.3) is 0 Å². The molecule has 0 radical (unpaired) electrons. The Balaban J connectivity index is 3.08. The Bertz CT molecular complexity index is 219. The van der Waals surface area contributed by atoms with Gasteiger partial charge >= 0.3 is 5.97 Å². The molecule has 17 heavy (non-hydrogen) atoms. The van der Waals surface area contributed by atoms with Crippen LogP contribution in [0.1, 0.15) is 58.3 Å². The van der Waals surface area contributed by atoms with Crippen molar-refractivity contribution in [2.75, 3.05) is 13.2 Å². The molecule has 0 atom stereocenters. The van der Waals surface area contributed by atoms with Crippen LogP contribution < -0.4 is 0 Å². The molecule has 0 aromatic heterocycles. The minimum Gasteiger partial charge on any atom is -0.466 e. The molecule has 100 valence electrons. The number of rotatable bonds is 11. The molecule has 0 N–H and O–H groups in total. The molecule has 0 unspecified atom stereocenters. The number of carbonyl (C=O) groups excluding carboxylic acids is 1. The van der Waals surface area contributed by atoms with Crippen LogP contribution in [0.2, 0.25) is 0 Å². The van der Waals surface area contributed by atoms with Gasteiger partial charge in [-0.25, -0.2) is 0 Å². The topological polar surface area (TPSA) is 69.4 Å². The monoisotopic (exact) mass is 245 g/mol. The van der Waals surface area contributed by atoms with Crippen molar-refractivity contribution < 1.29 is 14.5 Å². The van der Waals surface area contributed by atoms with Crippen LogP contribution in [0.5, 0.6) is 0 Å². The van der Waals surface area contributed by atoms with Gasteiger partial charge in [-0.3, -0.25) is 14.9 Å². The van der Waals surface area contributed by atoms with Crippen molar-refractivity contribution in [1.29, 1.82) is 0 Å². The van der Waals surface area contributed by atoms with E-state index in [-0.39, 0.29) is 17.4 Å². The van der Waals surface area contributed by atoms with Crippen LogP contribution in [-0.4, -0.2) is 24.0 Å². The summed E-state index contributed by atoms with van der Waals surface area (Å²) < 4.78 is 4.82. The summed E-state index contributed by atoms with van der Waals surface area (Å²) in [7, 11) is 0. The van der Waals surface area contributed by atoms with Crippen LogP contribution in [0, 0.1) is 10.1 Å². The fraction of sp³-hybridized carbons (Fsp3) is 0.917. The number of ether oxygens (including phenoxy) is 1. The number of nitro groups is 1. The Morgan fingerprint density at radius 2 is 1.59 bits per heavy atom. The Labute approximate surface area is 103 Å². The lowest BCUT2D eigenvalue weighted by molar-refractivity contribution is -0.480. The summed E-state index contributed by atoms with van der Waals surface area (Å²) in [5.41, 5.74) is 0. The second kappa shape index (κ2) is 11.4. The van der Waals surface area contributed by atoms with Gasteiger partial charge in [-0.2, -0.15) is 0 Å². The Morgan fingerprint density at radius 3 is 2.12 bits per heavy atom. The second-order valence-corrected chi connectivity index (χ2v) is 4.09. The summed E-state index contributed by atoms with van der Waals surface area (Å²) in [4.78, 5) is 20.8. The average Bonchev–Trinajstić information content (AvgIpc) is 2.27. The minimum absolute atomic E-state index is 0.0862. The summed E-state index contributed by atoms with van der Waals surface area (Å²) in [6.07, 6.45) is 7.28. The van der Waals surface area contributed by atoms with E-state index < -0.39 is 0 Å². The molecule has 0 aromatic carbocycles. The molecule has 0 heterocycles. The van der Waals surface area contributed by atoms with Crippen LogP contribution in [0.3, 0.4) is 0 Å². The van der Waals surface area contributed by atoms with Crippen molar-refractivity contribution in [3.8, 4) is 0 Å². The molecule has 0 amide bonds. The van der Waals surface area contributed by atoms with Crippen molar-refractivity contribution in [3.63, 3.8) is 0 Å². The molecule has 0 bridgehead atoms. The molecule has 0 saturated carbocycles. The summed E-state index contributed by atoms with van der Waals surface area (Å²) in [6, 6.07) is 0. The van der Waals surface area contributed by atoms with Gasteiger partial charge in [0.25, 0.3) is 0 Å². The molecule has 5 heteroatoms. The molecule has 0 aliphatic rings. The highest BCUT2D eigenvalue weighted by Gasteiger charge is 2.01. The third-order valence-electron chi connectivity index (χ3n) is 2.53. The average molecular weight is 245 g/mol. The molecule has 0 fully saturated rings. The minimum atomic E-state index is -0.265. The Hall–Kier alpha value is -1.13. The summed E-state index contributed by atoms with van der Waals surface area (Å²) >= 11 is 0. The van der Waals surface area contributed by atoms with Gasteiger partial charge in [0.1, 0.15) is 0 Å². The molecule has 5 nitrogen and oxygen atoms in total. The highest BCUT2D eigenvalue weighted by molar-refractivity contribution is 5.69. The standard InChI is InChI=1S/C12H23NO4/c1-2-17-12(14)10-8-6-4-3-5-7-9-11-13(15)16/h2-11H2,1H3. The molecule has 0 aromatic rings. The number of unbranched alkanes of at least 4 members (excludes halogenated alkanes) is 6. The van der Waals surface area contributed by atoms with Gasteiger partial charge in [-0.05, 0) is 19.8 Å². The summed E-state index contributed by atoms with van der Waals surface area (Å²) in [5.74, 6) is -0.113. The fourth-order valence-electron chi connectivity index (χ4n) is 1.63. The zero-order chi connectivity index (χ0) is 12.9. The lowest BCUT2D eigenvalue weighted by atomic mass is 10.1. The highest BCUT2D eigenvalue weighted by atomic mass is 16.6. The molecule has 0 aliphatic heterocycles.